The number of unbranched alkanes of at least 4 members (excludes halogenated alkanes) is 1. The molecule has 106 valence electrons. The van der Waals surface area contributed by atoms with Gasteiger partial charge in [-0.1, -0.05) is 37.6 Å². The van der Waals surface area contributed by atoms with E-state index in [-0.39, 0.29) is 0 Å². The van der Waals surface area contributed by atoms with Gasteiger partial charge in [-0.05, 0) is 56.3 Å². The maximum absolute atomic E-state index is 5.93. The molecule has 0 unspecified atom stereocenters. The molecule has 0 saturated carbocycles. The highest BCUT2D eigenvalue weighted by Crippen LogP contribution is 2.11. The van der Waals surface area contributed by atoms with Crippen LogP contribution in [-0.2, 0) is 12.8 Å². The smallest absolute Gasteiger partial charge is 0.00631 e. The zero-order valence-electron chi connectivity index (χ0n) is 12.3. The molecule has 0 aliphatic carbocycles. The van der Waals surface area contributed by atoms with Crippen LogP contribution in [0.3, 0.4) is 0 Å². The molecule has 2 heteroatoms. The molecule has 1 aromatic carbocycles. The minimum Gasteiger partial charge on any atom is -0.328 e. The van der Waals surface area contributed by atoms with Crippen molar-refractivity contribution in [1.29, 1.82) is 0 Å². The molecule has 1 fully saturated rings. The van der Waals surface area contributed by atoms with Crippen LogP contribution in [-0.4, -0.2) is 30.6 Å². The van der Waals surface area contributed by atoms with Gasteiger partial charge < -0.3 is 10.6 Å². The third-order valence-corrected chi connectivity index (χ3v) is 4.19. The lowest BCUT2D eigenvalue weighted by atomic mass is 10.0. The van der Waals surface area contributed by atoms with Gasteiger partial charge in [0.25, 0.3) is 0 Å². The van der Waals surface area contributed by atoms with E-state index in [4.69, 9.17) is 5.73 Å². The van der Waals surface area contributed by atoms with E-state index in [9.17, 15) is 0 Å². The van der Waals surface area contributed by atoms with Crippen LogP contribution >= 0.6 is 0 Å². The lowest BCUT2D eigenvalue weighted by molar-refractivity contribution is 0.215. The zero-order valence-corrected chi connectivity index (χ0v) is 12.3. The Labute approximate surface area is 118 Å². The summed E-state index contributed by atoms with van der Waals surface area (Å²) in [7, 11) is 0. The fourth-order valence-electron chi connectivity index (χ4n) is 2.72. The van der Waals surface area contributed by atoms with Gasteiger partial charge in [-0.2, -0.15) is 0 Å². The Balaban J connectivity index is 1.73. The van der Waals surface area contributed by atoms with Crippen LogP contribution in [0.15, 0.2) is 24.3 Å². The molecule has 0 radical (unpaired) electrons. The maximum atomic E-state index is 5.93. The van der Waals surface area contributed by atoms with Crippen molar-refractivity contribution in [2.24, 2.45) is 5.73 Å². The Morgan fingerprint density at radius 3 is 2.21 bits per heavy atom. The molecule has 0 amide bonds. The van der Waals surface area contributed by atoms with Crippen molar-refractivity contribution in [2.45, 2.75) is 51.5 Å². The molecule has 0 bridgehead atoms. The van der Waals surface area contributed by atoms with Crippen molar-refractivity contribution in [3.8, 4) is 0 Å². The van der Waals surface area contributed by atoms with Crippen LogP contribution in [0.1, 0.15) is 43.7 Å². The molecule has 2 rings (SSSR count). The van der Waals surface area contributed by atoms with Crippen LogP contribution in [0.2, 0.25) is 0 Å². The molecule has 0 spiro atoms. The third-order valence-electron chi connectivity index (χ3n) is 4.19. The summed E-state index contributed by atoms with van der Waals surface area (Å²) in [5.74, 6) is 0. The quantitative estimate of drug-likeness (QED) is 0.852. The van der Waals surface area contributed by atoms with E-state index in [2.05, 4.69) is 36.1 Å². The molecule has 1 aliphatic heterocycles. The van der Waals surface area contributed by atoms with Crippen LogP contribution < -0.4 is 5.73 Å². The van der Waals surface area contributed by atoms with Crippen molar-refractivity contribution in [3.63, 3.8) is 0 Å². The summed E-state index contributed by atoms with van der Waals surface area (Å²) >= 11 is 0. The second-order valence-corrected chi connectivity index (χ2v) is 5.85. The third kappa shape index (κ3) is 4.96. The summed E-state index contributed by atoms with van der Waals surface area (Å²) in [6.45, 7) is 5.78. The van der Waals surface area contributed by atoms with Crippen molar-refractivity contribution in [1.82, 2.24) is 4.90 Å². The van der Waals surface area contributed by atoms with Gasteiger partial charge in [-0.25, -0.2) is 0 Å². The molecule has 19 heavy (non-hydrogen) atoms. The minimum absolute atomic E-state index is 0.439. The number of rotatable bonds is 6. The van der Waals surface area contributed by atoms with E-state index in [1.807, 2.05) is 0 Å². The number of benzene rings is 1. The summed E-state index contributed by atoms with van der Waals surface area (Å²) < 4.78 is 0. The highest BCUT2D eigenvalue weighted by Gasteiger charge is 2.15. The predicted molar refractivity (Wildman–Crippen MR) is 82.4 cm³/mol. The standard InChI is InChI=1S/C17H28N2/c1-2-3-4-15-5-7-16(8-6-15)9-12-19-13-10-17(18)11-14-19/h5-8,17H,2-4,9-14,18H2,1H3. The summed E-state index contributed by atoms with van der Waals surface area (Å²) in [4.78, 5) is 2.55. The number of piperidine rings is 1. The molecule has 1 aromatic rings. The SMILES string of the molecule is CCCCc1ccc(CCN2CCC(N)CC2)cc1. The number of hydrogen-bond donors (Lipinski definition) is 1. The molecule has 1 heterocycles. The topological polar surface area (TPSA) is 29.3 Å². The normalized spacial score (nSPS) is 17.8. The highest BCUT2D eigenvalue weighted by molar-refractivity contribution is 5.22. The summed E-state index contributed by atoms with van der Waals surface area (Å²) in [6.07, 6.45) is 7.29. The van der Waals surface area contributed by atoms with E-state index in [1.165, 1.54) is 56.4 Å². The summed E-state index contributed by atoms with van der Waals surface area (Å²) in [5.41, 5.74) is 8.88. The minimum atomic E-state index is 0.439. The molecule has 2 nitrogen and oxygen atoms in total. The molecule has 1 saturated heterocycles. The first kappa shape index (κ1) is 14.5. The lowest BCUT2D eigenvalue weighted by Gasteiger charge is -2.29. The first-order chi connectivity index (χ1) is 9.28. The number of nitrogens with two attached hydrogens (primary N) is 1. The Bertz CT molecular complexity index is 350. The van der Waals surface area contributed by atoms with Gasteiger partial charge in [0.1, 0.15) is 0 Å². The van der Waals surface area contributed by atoms with Crippen LogP contribution in [0, 0.1) is 0 Å². The van der Waals surface area contributed by atoms with E-state index in [1.54, 1.807) is 0 Å². The highest BCUT2D eigenvalue weighted by atomic mass is 15.1. The summed E-state index contributed by atoms with van der Waals surface area (Å²) in [5, 5.41) is 0. The molecule has 2 N–H and O–H groups in total. The van der Waals surface area contributed by atoms with E-state index >= 15 is 0 Å². The zero-order chi connectivity index (χ0) is 13.5. The average Bonchev–Trinajstić information content (AvgIpc) is 2.46. The number of aryl methyl sites for hydroxylation is 1. The molecule has 1 aliphatic rings. The maximum Gasteiger partial charge on any atom is 0.00631 e. The van der Waals surface area contributed by atoms with Crippen molar-refractivity contribution in [3.05, 3.63) is 35.4 Å². The van der Waals surface area contributed by atoms with Crippen molar-refractivity contribution >= 4 is 0 Å². The van der Waals surface area contributed by atoms with Gasteiger partial charge in [0, 0.05) is 12.6 Å². The number of hydrogen-bond acceptors (Lipinski definition) is 2. The Morgan fingerprint density at radius 1 is 1.05 bits per heavy atom. The van der Waals surface area contributed by atoms with Gasteiger partial charge in [-0.3, -0.25) is 0 Å². The fraction of sp³-hybridized carbons (Fsp3) is 0.647. The van der Waals surface area contributed by atoms with E-state index in [0.29, 0.717) is 6.04 Å². The first-order valence-electron chi connectivity index (χ1n) is 7.83. The van der Waals surface area contributed by atoms with Crippen LogP contribution in [0.25, 0.3) is 0 Å². The largest absolute Gasteiger partial charge is 0.328 e. The van der Waals surface area contributed by atoms with E-state index in [0.717, 1.165) is 12.8 Å². The Hall–Kier alpha value is -0.860. The van der Waals surface area contributed by atoms with Gasteiger partial charge in [-0.15, -0.1) is 0 Å². The van der Waals surface area contributed by atoms with E-state index < -0.39 is 0 Å². The van der Waals surface area contributed by atoms with Gasteiger partial charge in [0.15, 0.2) is 0 Å². The molecule has 0 aromatic heterocycles. The predicted octanol–water partition coefficient (Wildman–Crippen LogP) is 2.99. The average molecular weight is 260 g/mol. The van der Waals surface area contributed by atoms with Crippen LogP contribution in [0.5, 0.6) is 0 Å². The molecule has 0 atom stereocenters. The molecular weight excluding hydrogens is 232 g/mol. The first-order valence-corrected chi connectivity index (χ1v) is 7.83. The second-order valence-electron chi connectivity index (χ2n) is 5.85. The Kier molecular flexibility index (Phi) is 5.87. The van der Waals surface area contributed by atoms with Gasteiger partial charge >= 0.3 is 0 Å². The summed E-state index contributed by atoms with van der Waals surface area (Å²) in [6, 6.07) is 9.66. The monoisotopic (exact) mass is 260 g/mol. The second kappa shape index (κ2) is 7.66. The lowest BCUT2D eigenvalue weighted by Crippen LogP contribution is -2.40. The molecular formula is C17H28N2. The number of likely N-dealkylation sites (tertiary alicyclic amines) is 1. The van der Waals surface area contributed by atoms with Gasteiger partial charge in [0.2, 0.25) is 0 Å². The van der Waals surface area contributed by atoms with Gasteiger partial charge in [0.05, 0.1) is 0 Å². The number of nitrogens with zero attached hydrogens (tertiary/aromatic N) is 1. The van der Waals surface area contributed by atoms with Crippen LogP contribution in [0.4, 0.5) is 0 Å². The Morgan fingerprint density at radius 2 is 1.63 bits per heavy atom. The van der Waals surface area contributed by atoms with Crippen molar-refractivity contribution < 1.29 is 0 Å². The fourth-order valence-corrected chi connectivity index (χ4v) is 2.72. The van der Waals surface area contributed by atoms with Crippen molar-refractivity contribution in [2.75, 3.05) is 19.6 Å².